The Morgan fingerprint density at radius 1 is 0.867 bits per heavy atom. The molecular formula is C22H25N7O. The molecule has 5 rings (SSSR count). The smallest absolute Gasteiger partial charge is 0.255 e. The predicted octanol–water partition coefficient (Wildman–Crippen LogP) is 2.68. The standard InChI is InChI=1S/C22H25N7O/c30-21-4-1-2-11-29(21)18-7-8-20(23-13-18)26-16-5-6-17(12-16)27-22-24-14-19(15-25-22)28-9-3-10-28/h1-2,4,7-8,11,13-17H,3,5-6,9-10,12H2,(H,23,26)(H,24,25,27)/t16-,17-/m0/s1. The van der Waals surface area contributed by atoms with Gasteiger partial charge in [0, 0.05) is 37.4 Å². The third kappa shape index (κ3) is 3.98. The molecule has 2 N–H and O–H groups in total. The highest BCUT2D eigenvalue weighted by Crippen LogP contribution is 2.25. The van der Waals surface area contributed by atoms with Gasteiger partial charge in [0.15, 0.2) is 0 Å². The van der Waals surface area contributed by atoms with E-state index in [2.05, 4.69) is 30.5 Å². The number of rotatable bonds is 6. The van der Waals surface area contributed by atoms with Crippen LogP contribution in [-0.4, -0.2) is 44.7 Å². The third-order valence-corrected chi connectivity index (χ3v) is 5.83. The highest BCUT2D eigenvalue weighted by atomic mass is 16.1. The Kier molecular flexibility index (Phi) is 5.04. The maximum absolute atomic E-state index is 11.9. The van der Waals surface area contributed by atoms with Crippen LogP contribution in [0, 0.1) is 0 Å². The first-order valence-corrected chi connectivity index (χ1v) is 10.5. The zero-order valence-corrected chi connectivity index (χ0v) is 16.7. The summed E-state index contributed by atoms with van der Waals surface area (Å²) in [4.78, 5) is 27.7. The predicted molar refractivity (Wildman–Crippen MR) is 117 cm³/mol. The minimum absolute atomic E-state index is 0.0650. The van der Waals surface area contributed by atoms with Gasteiger partial charge in [-0.15, -0.1) is 0 Å². The van der Waals surface area contributed by atoms with Gasteiger partial charge in [0.25, 0.3) is 5.56 Å². The van der Waals surface area contributed by atoms with Crippen molar-refractivity contribution >= 4 is 17.5 Å². The summed E-state index contributed by atoms with van der Waals surface area (Å²) in [7, 11) is 0. The molecule has 1 aliphatic heterocycles. The van der Waals surface area contributed by atoms with Gasteiger partial charge in [0.05, 0.1) is 30.0 Å². The van der Waals surface area contributed by atoms with Crippen molar-refractivity contribution in [1.82, 2.24) is 19.5 Å². The average Bonchev–Trinajstić information content (AvgIpc) is 3.16. The molecule has 0 spiro atoms. The van der Waals surface area contributed by atoms with Gasteiger partial charge in [-0.05, 0) is 43.9 Å². The summed E-state index contributed by atoms with van der Waals surface area (Å²) in [6.45, 7) is 2.20. The Hall–Kier alpha value is -3.42. The molecule has 1 saturated heterocycles. The fourth-order valence-electron chi connectivity index (χ4n) is 4.02. The van der Waals surface area contributed by atoms with E-state index in [-0.39, 0.29) is 5.56 Å². The van der Waals surface area contributed by atoms with Gasteiger partial charge in [0.1, 0.15) is 5.82 Å². The number of nitrogens with zero attached hydrogens (tertiary/aromatic N) is 5. The summed E-state index contributed by atoms with van der Waals surface area (Å²) >= 11 is 0. The highest BCUT2D eigenvalue weighted by Gasteiger charge is 2.25. The van der Waals surface area contributed by atoms with Gasteiger partial charge < -0.3 is 15.5 Å². The third-order valence-electron chi connectivity index (χ3n) is 5.83. The lowest BCUT2D eigenvalue weighted by Gasteiger charge is -2.32. The van der Waals surface area contributed by atoms with Crippen molar-refractivity contribution in [3.05, 3.63) is 65.5 Å². The first-order valence-electron chi connectivity index (χ1n) is 10.5. The molecule has 0 radical (unpaired) electrons. The molecule has 0 unspecified atom stereocenters. The fraction of sp³-hybridized carbons (Fsp3) is 0.364. The van der Waals surface area contributed by atoms with Crippen LogP contribution in [0.1, 0.15) is 25.7 Å². The van der Waals surface area contributed by atoms with Crippen molar-refractivity contribution in [3.8, 4) is 5.69 Å². The molecule has 3 aromatic heterocycles. The molecule has 2 aliphatic rings. The van der Waals surface area contributed by atoms with Crippen molar-refractivity contribution in [1.29, 1.82) is 0 Å². The Balaban J connectivity index is 1.15. The monoisotopic (exact) mass is 403 g/mol. The van der Waals surface area contributed by atoms with Crippen molar-refractivity contribution < 1.29 is 0 Å². The van der Waals surface area contributed by atoms with Crippen LogP contribution in [0.2, 0.25) is 0 Å². The van der Waals surface area contributed by atoms with Crippen molar-refractivity contribution in [2.24, 2.45) is 0 Å². The molecule has 3 aromatic rings. The largest absolute Gasteiger partial charge is 0.369 e. The van der Waals surface area contributed by atoms with Crippen LogP contribution >= 0.6 is 0 Å². The first-order chi connectivity index (χ1) is 14.7. The quantitative estimate of drug-likeness (QED) is 0.654. The Bertz CT molecular complexity index is 1040. The maximum Gasteiger partial charge on any atom is 0.255 e. The topological polar surface area (TPSA) is 88.0 Å². The molecule has 30 heavy (non-hydrogen) atoms. The average molecular weight is 403 g/mol. The lowest BCUT2D eigenvalue weighted by molar-refractivity contribution is 0.615. The second-order valence-corrected chi connectivity index (χ2v) is 7.91. The highest BCUT2D eigenvalue weighted by molar-refractivity contribution is 5.46. The van der Waals surface area contributed by atoms with Gasteiger partial charge in [0.2, 0.25) is 5.95 Å². The summed E-state index contributed by atoms with van der Waals surface area (Å²) in [6, 6.07) is 9.64. The van der Waals surface area contributed by atoms with E-state index >= 15 is 0 Å². The van der Waals surface area contributed by atoms with E-state index < -0.39 is 0 Å². The molecule has 8 heteroatoms. The Morgan fingerprint density at radius 3 is 2.30 bits per heavy atom. The van der Waals surface area contributed by atoms with Crippen LogP contribution < -0.4 is 21.1 Å². The van der Waals surface area contributed by atoms with Gasteiger partial charge in [-0.3, -0.25) is 9.36 Å². The molecular weight excluding hydrogens is 378 g/mol. The summed E-state index contributed by atoms with van der Waals surface area (Å²) in [5, 5.41) is 6.96. The molecule has 1 saturated carbocycles. The molecule has 0 aromatic carbocycles. The molecule has 154 valence electrons. The SMILES string of the molecule is O=c1ccccn1-c1ccc(N[C@H]2CC[C@H](Nc3ncc(N4CCC4)cn3)C2)nc1. The summed E-state index contributed by atoms with van der Waals surface area (Å²) in [5.74, 6) is 1.52. The molecule has 0 bridgehead atoms. The molecule has 2 atom stereocenters. The van der Waals surface area contributed by atoms with Crippen LogP contribution in [0.15, 0.2) is 59.9 Å². The van der Waals surface area contributed by atoms with Crippen molar-refractivity contribution in [3.63, 3.8) is 0 Å². The van der Waals surface area contributed by atoms with Crippen LogP contribution in [-0.2, 0) is 0 Å². The van der Waals surface area contributed by atoms with E-state index in [1.807, 2.05) is 30.6 Å². The van der Waals surface area contributed by atoms with Gasteiger partial charge in [-0.1, -0.05) is 6.07 Å². The molecule has 0 amide bonds. The van der Waals surface area contributed by atoms with E-state index in [0.29, 0.717) is 18.0 Å². The van der Waals surface area contributed by atoms with Gasteiger partial charge in [-0.2, -0.15) is 0 Å². The van der Waals surface area contributed by atoms with Crippen LogP contribution in [0.25, 0.3) is 5.69 Å². The number of aromatic nitrogens is 4. The zero-order valence-electron chi connectivity index (χ0n) is 16.7. The summed E-state index contributed by atoms with van der Waals surface area (Å²) < 4.78 is 1.58. The van der Waals surface area contributed by atoms with E-state index in [0.717, 1.165) is 49.5 Å². The summed E-state index contributed by atoms with van der Waals surface area (Å²) in [6.07, 6.45) is 11.6. The van der Waals surface area contributed by atoms with Crippen LogP contribution in [0.3, 0.4) is 0 Å². The van der Waals surface area contributed by atoms with Crippen molar-refractivity contribution in [2.45, 2.75) is 37.8 Å². The lowest BCUT2D eigenvalue weighted by Crippen LogP contribution is -2.37. The summed E-state index contributed by atoms with van der Waals surface area (Å²) in [5.41, 5.74) is 1.80. The second-order valence-electron chi connectivity index (χ2n) is 7.91. The minimum Gasteiger partial charge on any atom is -0.369 e. The van der Waals surface area contributed by atoms with E-state index in [1.165, 1.54) is 6.42 Å². The fourth-order valence-corrected chi connectivity index (χ4v) is 4.02. The van der Waals surface area contributed by atoms with Crippen molar-refractivity contribution in [2.75, 3.05) is 28.6 Å². The minimum atomic E-state index is -0.0650. The first kappa shape index (κ1) is 18.6. The van der Waals surface area contributed by atoms with Gasteiger partial charge >= 0.3 is 0 Å². The van der Waals surface area contributed by atoms with Gasteiger partial charge in [-0.25, -0.2) is 15.0 Å². The van der Waals surface area contributed by atoms with E-state index in [4.69, 9.17) is 0 Å². The number of anilines is 3. The number of pyridine rings is 2. The van der Waals surface area contributed by atoms with Crippen LogP contribution in [0.4, 0.5) is 17.5 Å². The number of hydrogen-bond donors (Lipinski definition) is 2. The maximum atomic E-state index is 11.9. The number of nitrogens with one attached hydrogen (secondary N) is 2. The van der Waals surface area contributed by atoms with E-state index in [9.17, 15) is 4.79 Å². The lowest BCUT2D eigenvalue weighted by atomic mass is 10.2. The molecule has 2 fully saturated rings. The number of hydrogen-bond acceptors (Lipinski definition) is 7. The molecule has 8 nitrogen and oxygen atoms in total. The Labute approximate surface area is 175 Å². The zero-order chi connectivity index (χ0) is 20.3. The molecule has 4 heterocycles. The van der Waals surface area contributed by atoms with Crippen LogP contribution in [0.5, 0.6) is 0 Å². The normalized spacial score (nSPS) is 20.6. The second kappa shape index (κ2) is 8.14. The molecule has 1 aliphatic carbocycles. The van der Waals surface area contributed by atoms with E-state index in [1.54, 1.807) is 29.1 Å². The Morgan fingerprint density at radius 2 is 1.63 bits per heavy atom.